The number of aliphatic imine (C=N–C) groups is 1. The Hall–Kier alpha value is -1.62. The Balaban J connectivity index is 0.00000289. The van der Waals surface area contributed by atoms with Crippen molar-refractivity contribution < 1.29 is 4.74 Å². The van der Waals surface area contributed by atoms with Crippen LogP contribution in [0.25, 0.3) is 0 Å². The van der Waals surface area contributed by atoms with Crippen LogP contribution in [0, 0.1) is 0 Å². The van der Waals surface area contributed by atoms with Gasteiger partial charge >= 0.3 is 0 Å². The number of ether oxygens (including phenoxy) is 1. The summed E-state index contributed by atoms with van der Waals surface area (Å²) in [5.41, 5.74) is 1.31. The van der Waals surface area contributed by atoms with E-state index in [4.69, 9.17) is 16.3 Å². The fraction of sp³-hybridized carbons (Fsp3) is 0.478. The zero-order chi connectivity index (χ0) is 21.5. The van der Waals surface area contributed by atoms with Crippen LogP contribution in [0.15, 0.2) is 53.7 Å². The highest BCUT2D eigenvalue weighted by Gasteiger charge is 2.27. The van der Waals surface area contributed by atoms with Crippen LogP contribution in [-0.2, 0) is 4.74 Å². The molecule has 2 aliphatic rings. The molecular formula is C23H32ClIN6O. The first-order valence-electron chi connectivity index (χ1n) is 10.9. The van der Waals surface area contributed by atoms with E-state index in [-0.39, 0.29) is 30.0 Å². The lowest BCUT2D eigenvalue weighted by atomic mass is 10.0. The third-order valence-electron chi connectivity index (χ3n) is 5.92. The molecular weight excluding hydrogens is 539 g/mol. The molecule has 3 heterocycles. The number of anilines is 1. The summed E-state index contributed by atoms with van der Waals surface area (Å²) < 4.78 is 5.56. The van der Waals surface area contributed by atoms with Crippen molar-refractivity contribution in [3.63, 3.8) is 0 Å². The van der Waals surface area contributed by atoms with Crippen molar-refractivity contribution >= 4 is 47.4 Å². The Labute approximate surface area is 212 Å². The van der Waals surface area contributed by atoms with E-state index in [1.807, 2.05) is 19.2 Å². The first-order valence-corrected chi connectivity index (χ1v) is 11.3. The number of halogens is 2. The number of guanidine groups is 1. The second-order valence-corrected chi connectivity index (χ2v) is 8.32. The van der Waals surface area contributed by atoms with Gasteiger partial charge in [-0.2, -0.15) is 0 Å². The van der Waals surface area contributed by atoms with E-state index in [0.29, 0.717) is 11.1 Å². The van der Waals surface area contributed by atoms with Gasteiger partial charge in [-0.1, -0.05) is 41.9 Å². The van der Waals surface area contributed by atoms with E-state index in [1.165, 1.54) is 5.56 Å². The minimum Gasteiger partial charge on any atom is -0.379 e. The van der Waals surface area contributed by atoms with Crippen molar-refractivity contribution in [1.29, 1.82) is 0 Å². The number of pyridine rings is 1. The maximum absolute atomic E-state index is 6.33. The third-order valence-corrected chi connectivity index (χ3v) is 6.22. The first kappa shape index (κ1) is 25.0. The molecule has 2 unspecified atom stereocenters. The van der Waals surface area contributed by atoms with Gasteiger partial charge in [0.1, 0.15) is 5.82 Å². The molecule has 2 fully saturated rings. The lowest BCUT2D eigenvalue weighted by Gasteiger charge is -2.35. The Morgan fingerprint density at radius 3 is 2.69 bits per heavy atom. The van der Waals surface area contributed by atoms with E-state index >= 15 is 0 Å². The highest BCUT2D eigenvalue weighted by Crippen LogP contribution is 2.26. The molecule has 174 valence electrons. The van der Waals surface area contributed by atoms with E-state index < -0.39 is 0 Å². The molecule has 32 heavy (non-hydrogen) atoms. The van der Waals surface area contributed by atoms with Crippen molar-refractivity contribution in [1.82, 2.24) is 20.5 Å². The standard InChI is InChI=1S/C23H31ClN6O.HI/c1-25-23(28-19-9-11-30(17-19)22-20(24)8-5-10-26-22)27-16-21(18-6-3-2-4-7-18)29-12-14-31-15-13-29;/h2-8,10,19,21H,9,11-17H2,1H3,(H2,25,27,28);1H. The van der Waals surface area contributed by atoms with Crippen LogP contribution < -0.4 is 15.5 Å². The van der Waals surface area contributed by atoms with E-state index in [9.17, 15) is 0 Å². The topological polar surface area (TPSA) is 65.0 Å². The van der Waals surface area contributed by atoms with Crippen LogP contribution in [-0.4, -0.2) is 74.9 Å². The molecule has 0 radical (unpaired) electrons. The summed E-state index contributed by atoms with van der Waals surface area (Å²) in [6.07, 6.45) is 2.80. The van der Waals surface area contributed by atoms with Crippen LogP contribution >= 0.6 is 35.6 Å². The van der Waals surface area contributed by atoms with Crippen molar-refractivity contribution in [2.45, 2.75) is 18.5 Å². The van der Waals surface area contributed by atoms with Gasteiger partial charge in [0.2, 0.25) is 0 Å². The number of benzene rings is 1. The molecule has 0 spiro atoms. The fourth-order valence-corrected chi connectivity index (χ4v) is 4.53. The summed E-state index contributed by atoms with van der Waals surface area (Å²) in [5, 5.41) is 7.83. The highest BCUT2D eigenvalue weighted by molar-refractivity contribution is 14.0. The van der Waals surface area contributed by atoms with Gasteiger partial charge in [-0.25, -0.2) is 4.98 Å². The summed E-state index contributed by atoms with van der Waals surface area (Å²) in [5.74, 6) is 1.68. The predicted molar refractivity (Wildman–Crippen MR) is 141 cm³/mol. The summed E-state index contributed by atoms with van der Waals surface area (Å²) >= 11 is 6.33. The molecule has 9 heteroatoms. The van der Waals surface area contributed by atoms with Crippen LogP contribution in [0.2, 0.25) is 5.02 Å². The largest absolute Gasteiger partial charge is 0.379 e. The normalized spacial score (nSPS) is 20.5. The Morgan fingerprint density at radius 1 is 1.19 bits per heavy atom. The number of nitrogens with zero attached hydrogens (tertiary/aromatic N) is 4. The van der Waals surface area contributed by atoms with Gasteiger partial charge in [-0.05, 0) is 24.1 Å². The molecule has 1 aromatic carbocycles. The summed E-state index contributed by atoms with van der Waals surface area (Å²) in [4.78, 5) is 13.6. The van der Waals surface area contributed by atoms with Gasteiger partial charge in [-0.3, -0.25) is 9.89 Å². The highest BCUT2D eigenvalue weighted by atomic mass is 127. The first-order chi connectivity index (χ1) is 15.2. The maximum atomic E-state index is 6.33. The van der Waals surface area contributed by atoms with Gasteiger partial charge in [0.15, 0.2) is 5.96 Å². The molecule has 0 bridgehead atoms. The molecule has 2 N–H and O–H groups in total. The minimum absolute atomic E-state index is 0. The molecule has 2 saturated heterocycles. The van der Waals surface area contributed by atoms with E-state index in [1.54, 1.807) is 6.20 Å². The maximum Gasteiger partial charge on any atom is 0.191 e. The quantitative estimate of drug-likeness (QED) is 0.316. The second-order valence-electron chi connectivity index (χ2n) is 7.91. The SMILES string of the molecule is CN=C(NCC(c1ccccc1)N1CCOCC1)NC1CCN(c2ncccc2Cl)C1.I. The lowest BCUT2D eigenvalue weighted by Crippen LogP contribution is -2.48. The Kier molecular flexibility index (Phi) is 9.83. The minimum atomic E-state index is 0. The van der Waals surface area contributed by atoms with Gasteiger partial charge < -0.3 is 20.3 Å². The van der Waals surface area contributed by atoms with E-state index in [2.05, 4.69) is 60.7 Å². The smallest absolute Gasteiger partial charge is 0.191 e. The van der Waals surface area contributed by atoms with E-state index in [0.717, 1.165) is 64.1 Å². The molecule has 0 aliphatic carbocycles. The third kappa shape index (κ3) is 6.46. The van der Waals surface area contributed by atoms with Crippen LogP contribution in [0.4, 0.5) is 5.82 Å². The van der Waals surface area contributed by atoms with Crippen LogP contribution in [0.5, 0.6) is 0 Å². The number of morpholine rings is 1. The number of hydrogen-bond donors (Lipinski definition) is 2. The number of nitrogens with one attached hydrogen (secondary N) is 2. The average Bonchev–Trinajstić information content (AvgIpc) is 3.28. The molecule has 2 atom stereocenters. The predicted octanol–water partition coefficient (Wildman–Crippen LogP) is 3.17. The lowest BCUT2D eigenvalue weighted by molar-refractivity contribution is 0.0170. The Bertz CT molecular complexity index is 865. The zero-order valence-corrected chi connectivity index (χ0v) is 21.5. The monoisotopic (exact) mass is 570 g/mol. The van der Waals surface area contributed by atoms with Gasteiger partial charge in [0.05, 0.1) is 24.3 Å². The summed E-state index contributed by atoms with van der Waals surface area (Å²) in [6.45, 7) is 6.00. The Morgan fingerprint density at radius 2 is 1.97 bits per heavy atom. The molecule has 4 rings (SSSR count). The number of rotatable bonds is 6. The van der Waals surface area contributed by atoms with Crippen molar-refractivity contribution in [2.24, 2.45) is 4.99 Å². The molecule has 7 nitrogen and oxygen atoms in total. The van der Waals surface area contributed by atoms with Crippen LogP contribution in [0.3, 0.4) is 0 Å². The number of aromatic nitrogens is 1. The van der Waals surface area contributed by atoms with Crippen LogP contribution in [0.1, 0.15) is 18.0 Å². The molecule has 1 aromatic heterocycles. The van der Waals surface area contributed by atoms with Crippen molar-refractivity contribution in [3.8, 4) is 0 Å². The van der Waals surface area contributed by atoms with Gasteiger partial charge in [-0.15, -0.1) is 24.0 Å². The molecule has 2 aliphatic heterocycles. The summed E-state index contributed by atoms with van der Waals surface area (Å²) in [6, 6.07) is 15.0. The fourth-order valence-electron chi connectivity index (χ4n) is 4.28. The van der Waals surface area contributed by atoms with Gasteiger partial charge in [0.25, 0.3) is 0 Å². The van der Waals surface area contributed by atoms with Crippen molar-refractivity contribution in [3.05, 3.63) is 59.2 Å². The number of hydrogen-bond acceptors (Lipinski definition) is 5. The zero-order valence-electron chi connectivity index (χ0n) is 18.4. The van der Waals surface area contributed by atoms with Crippen molar-refractivity contribution in [2.75, 3.05) is 57.9 Å². The van der Waals surface area contributed by atoms with Gasteiger partial charge in [0, 0.05) is 52.0 Å². The average molecular weight is 571 g/mol. The molecule has 2 aromatic rings. The molecule has 0 amide bonds. The second kappa shape index (κ2) is 12.6. The summed E-state index contributed by atoms with van der Waals surface area (Å²) in [7, 11) is 1.82. The molecule has 0 saturated carbocycles.